The zero-order valence-electron chi connectivity index (χ0n) is 14.4. The number of ether oxygens (including phenoxy) is 3. The molecule has 1 unspecified atom stereocenters. The van der Waals surface area contributed by atoms with E-state index in [1.54, 1.807) is 30.3 Å². The topological polar surface area (TPSA) is 73.9 Å². The first-order valence-electron chi connectivity index (χ1n) is 8.02. The van der Waals surface area contributed by atoms with Gasteiger partial charge in [0.1, 0.15) is 17.6 Å². The summed E-state index contributed by atoms with van der Waals surface area (Å²) < 4.78 is 15.7. The van der Waals surface area contributed by atoms with Crippen LogP contribution in [0.2, 0.25) is 5.02 Å². The Labute approximate surface area is 156 Å². The van der Waals surface area contributed by atoms with E-state index in [1.165, 1.54) is 20.3 Å². The van der Waals surface area contributed by atoms with Gasteiger partial charge in [0.05, 0.1) is 36.9 Å². The number of halogens is 1. The first-order chi connectivity index (χ1) is 12.5. The molecule has 1 aliphatic rings. The molecule has 2 aromatic carbocycles. The van der Waals surface area contributed by atoms with Crippen molar-refractivity contribution < 1.29 is 23.8 Å². The first-order valence-corrected chi connectivity index (χ1v) is 8.40. The number of carbonyl (C=O) groups is 2. The summed E-state index contributed by atoms with van der Waals surface area (Å²) in [6.07, 6.45) is 0.264. The Bertz CT molecular complexity index is 852. The average Bonchev–Trinajstić information content (AvgIpc) is 3.09. The van der Waals surface area contributed by atoms with E-state index in [0.29, 0.717) is 40.6 Å². The first kappa shape index (κ1) is 18.1. The second kappa shape index (κ2) is 7.66. The molecule has 7 heteroatoms. The lowest BCUT2D eigenvalue weighted by Crippen LogP contribution is -2.34. The summed E-state index contributed by atoms with van der Waals surface area (Å²) in [6, 6.07) is 10.2. The molecule has 0 fully saturated rings. The quantitative estimate of drug-likeness (QED) is 0.813. The van der Waals surface area contributed by atoms with E-state index in [4.69, 9.17) is 25.8 Å². The molecule has 26 heavy (non-hydrogen) atoms. The molecule has 1 heterocycles. The maximum atomic E-state index is 12.4. The molecule has 1 N–H and O–H groups in total. The van der Waals surface area contributed by atoms with Gasteiger partial charge in [0.2, 0.25) is 0 Å². The van der Waals surface area contributed by atoms with E-state index in [1.807, 2.05) is 0 Å². The summed E-state index contributed by atoms with van der Waals surface area (Å²) in [6.45, 7) is 0.301. The average molecular weight is 376 g/mol. The molecule has 1 aliphatic heterocycles. The molecule has 136 valence electrons. The van der Waals surface area contributed by atoms with Crippen LogP contribution in [-0.2, 0) is 11.2 Å². The highest BCUT2D eigenvalue weighted by atomic mass is 35.5. The molecule has 3 rings (SSSR count). The molecule has 0 aromatic heterocycles. The fourth-order valence-corrected chi connectivity index (χ4v) is 3.15. The molecule has 0 spiro atoms. The molecule has 0 bridgehead atoms. The van der Waals surface area contributed by atoms with Gasteiger partial charge in [-0.2, -0.15) is 0 Å². The predicted octanol–water partition coefficient (Wildman–Crippen LogP) is 2.87. The van der Waals surface area contributed by atoms with Crippen molar-refractivity contribution in [3.8, 4) is 11.5 Å². The lowest BCUT2D eigenvalue weighted by molar-refractivity contribution is 0.0600. The molecule has 1 amide bonds. The molecular weight excluding hydrogens is 358 g/mol. The van der Waals surface area contributed by atoms with Crippen molar-refractivity contribution in [1.29, 1.82) is 0 Å². The summed E-state index contributed by atoms with van der Waals surface area (Å²) in [5, 5.41) is 3.19. The van der Waals surface area contributed by atoms with Crippen molar-refractivity contribution >= 4 is 23.5 Å². The Morgan fingerprint density at radius 2 is 2.04 bits per heavy atom. The van der Waals surface area contributed by atoms with Crippen molar-refractivity contribution in [2.24, 2.45) is 0 Å². The number of carbonyl (C=O) groups excluding carboxylic acids is 2. The van der Waals surface area contributed by atoms with E-state index in [-0.39, 0.29) is 12.0 Å². The summed E-state index contributed by atoms with van der Waals surface area (Å²) in [7, 11) is 2.83. The van der Waals surface area contributed by atoms with E-state index < -0.39 is 5.97 Å². The molecule has 0 radical (unpaired) electrons. The van der Waals surface area contributed by atoms with E-state index in [9.17, 15) is 9.59 Å². The van der Waals surface area contributed by atoms with Crippen molar-refractivity contribution in [3.05, 3.63) is 58.1 Å². The minimum Gasteiger partial charge on any atom is -0.496 e. The number of nitrogens with one attached hydrogen (secondary N) is 1. The molecule has 2 aromatic rings. The SMILES string of the molecule is COC(=O)c1cc(Cl)c2c(c1)CC(CNC(=O)c1ccccc1OC)O2. The zero-order valence-corrected chi connectivity index (χ0v) is 15.1. The minimum absolute atomic E-state index is 0.247. The Balaban J connectivity index is 1.66. The summed E-state index contributed by atoms with van der Waals surface area (Å²) in [4.78, 5) is 24.1. The summed E-state index contributed by atoms with van der Waals surface area (Å²) in [5.74, 6) is 0.341. The maximum Gasteiger partial charge on any atom is 0.337 e. The third kappa shape index (κ3) is 3.60. The fraction of sp³-hybridized carbons (Fsp3) is 0.263. The van der Waals surface area contributed by atoms with Crippen LogP contribution < -0.4 is 14.8 Å². The molecule has 0 saturated carbocycles. The van der Waals surface area contributed by atoms with E-state index in [0.717, 1.165) is 5.56 Å². The maximum absolute atomic E-state index is 12.4. The highest BCUT2D eigenvalue weighted by Crippen LogP contribution is 2.37. The van der Waals surface area contributed by atoms with Crippen molar-refractivity contribution in [2.45, 2.75) is 12.5 Å². The number of fused-ring (bicyclic) bond motifs is 1. The zero-order chi connectivity index (χ0) is 18.7. The Kier molecular flexibility index (Phi) is 5.32. The third-order valence-electron chi connectivity index (χ3n) is 4.12. The number of para-hydroxylation sites is 1. The van der Waals surface area contributed by atoms with Gasteiger partial charge >= 0.3 is 5.97 Å². The third-order valence-corrected chi connectivity index (χ3v) is 4.40. The van der Waals surface area contributed by atoms with Gasteiger partial charge < -0.3 is 19.5 Å². The van der Waals surface area contributed by atoms with E-state index in [2.05, 4.69) is 5.32 Å². The van der Waals surface area contributed by atoms with Crippen LogP contribution in [0.25, 0.3) is 0 Å². The minimum atomic E-state index is -0.456. The van der Waals surface area contributed by atoms with Crippen LogP contribution in [0.3, 0.4) is 0 Å². The second-order valence-electron chi connectivity index (χ2n) is 5.79. The fourth-order valence-electron chi connectivity index (χ4n) is 2.87. The molecular formula is C19H18ClNO5. The van der Waals surface area contributed by atoms with Gasteiger partial charge in [-0.05, 0) is 24.3 Å². The van der Waals surface area contributed by atoms with Crippen LogP contribution in [0.5, 0.6) is 11.5 Å². The smallest absolute Gasteiger partial charge is 0.337 e. The van der Waals surface area contributed by atoms with E-state index >= 15 is 0 Å². The van der Waals surface area contributed by atoms with Crippen molar-refractivity contribution in [1.82, 2.24) is 5.32 Å². The Morgan fingerprint density at radius 1 is 1.27 bits per heavy atom. The Morgan fingerprint density at radius 3 is 2.77 bits per heavy atom. The van der Waals surface area contributed by atoms with Gasteiger partial charge in [-0.3, -0.25) is 4.79 Å². The number of rotatable bonds is 5. The standard InChI is InChI=1S/C19H18ClNO5/c1-24-16-6-4-3-5-14(16)18(22)21-10-13-8-11-7-12(19(23)25-2)9-15(20)17(11)26-13/h3-7,9,13H,8,10H2,1-2H3,(H,21,22). The second-order valence-corrected chi connectivity index (χ2v) is 6.20. The molecule has 6 nitrogen and oxygen atoms in total. The van der Waals surface area contributed by atoms with Crippen LogP contribution in [0, 0.1) is 0 Å². The summed E-state index contributed by atoms with van der Waals surface area (Å²) >= 11 is 6.20. The van der Waals surface area contributed by atoms with Crippen LogP contribution in [0.1, 0.15) is 26.3 Å². The highest BCUT2D eigenvalue weighted by Gasteiger charge is 2.27. The van der Waals surface area contributed by atoms with Crippen molar-refractivity contribution in [2.75, 3.05) is 20.8 Å². The van der Waals surface area contributed by atoms with Crippen LogP contribution in [-0.4, -0.2) is 38.7 Å². The number of esters is 1. The van der Waals surface area contributed by atoms with Gasteiger partial charge in [-0.15, -0.1) is 0 Å². The lowest BCUT2D eigenvalue weighted by Gasteiger charge is -2.13. The monoisotopic (exact) mass is 375 g/mol. The molecule has 0 saturated heterocycles. The highest BCUT2D eigenvalue weighted by molar-refractivity contribution is 6.32. The molecule has 1 atom stereocenters. The van der Waals surface area contributed by atoms with Crippen molar-refractivity contribution in [3.63, 3.8) is 0 Å². The van der Waals surface area contributed by atoms with Gasteiger partial charge in [0.25, 0.3) is 5.91 Å². The number of hydrogen-bond donors (Lipinski definition) is 1. The number of hydrogen-bond acceptors (Lipinski definition) is 5. The van der Waals surface area contributed by atoms with Gasteiger partial charge in [-0.25, -0.2) is 4.79 Å². The van der Waals surface area contributed by atoms with Gasteiger partial charge in [0, 0.05) is 12.0 Å². The predicted molar refractivity (Wildman–Crippen MR) is 96.2 cm³/mol. The number of methoxy groups -OCH3 is 2. The van der Waals surface area contributed by atoms with Crippen LogP contribution in [0.4, 0.5) is 0 Å². The van der Waals surface area contributed by atoms with Gasteiger partial charge in [-0.1, -0.05) is 23.7 Å². The van der Waals surface area contributed by atoms with Gasteiger partial charge in [0.15, 0.2) is 0 Å². The Hall–Kier alpha value is -2.73. The molecule has 0 aliphatic carbocycles. The normalized spacial score (nSPS) is 15.0. The summed E-state index contributed by atoms with van der Waals surface area (Å²) in [5.41, 5.74) is 1.64. The number of amides is 1. The lowest BCUT2D eigenvalue weighted by atomic mass is 10.1. The number of benzene rings is 2. The van der Waals surface area contributed by atoms with Crippen LogP contribution in [0.15, 0.2) is 36.4 Å². The largest absolute Gasteiger partial charge is 0.496 e. The van der Waals surface area contributed by atoms with Crippen LogP contribution >= 0.6 is 11.6 Å².